The van der Waals surface area contributed by atoms with Crippen molar-refractivity contribution in [2.24, 2.45) is 4.99 Å². The minimum absolute atomic E-state index is 0.0897. The van der Waals surface area contributed by atoms with E-state index in [1.807, 2.05) is 53.4 Å². The number of amides is 1. The molecule has 2 aromatic carbocycles. The first kappa shape index (κ1) is 20.4. The molecule has 0 N–H and O–H groups in total. The third-order valence-corrected chi connectivity index (χ3v) is 8.90. The van der Waals surface area contributed by atoms with Gasteiger partial charge in [-0.1, -0.05) is 48.2 Å². The van der Waals surface area contributed by atoms with Gasteiger partial charge in [0, 0.05) is 18.2 Å². The number of thioether (sulfide) groups is 1. The van der Waals surface area contributed by atoms with Gasteiger partial charge in [-0.3, -0.25) is 4.79 Å². The van der Waals surface area contributed by atoms with Gasteiger partial charge in [0.25, 0.3) is 0 Å². The zero-order valence-electron chi connectivity index (χ0n) is 16.8. The van der Waals surface area contributed by atoms with Gasteiger partial charge >= 0.3 is 0 Å². The molecule has 0 unspecified atom stereocenters. The number of fused-ring (bicyclic) bond motifs is 2. The summed E-state index contributed by atoms with van der Waals surface area (Å²) in [4.78, 5) is 18.9. The Kier molecular flexibility index (Phi) is 5.39. The Bertz CT molecular complexity index is 1130. The second-order valence-corrected chi connectivity index (χ2v) is 11.2. The molecular formula is C22H22N2O5S2. The predicted molar refractivity (Wildman–Crippen MR) is 119 cm³/mol. The van der Waals surface area contributed by atoms with Gasteiger partial charge in [-0.15, -0.1) is 0 Å². The lowest BCUT2D eigenvalue weighted by Gasteiger charge is -2.24. The smallest absolute Gasteiger partial charge is 0.248 e. The molecule has 1 amide bonds. The lowest BCUT2D eigenvalue weighted by Crippen LogP contribution is -2.37. The molecular weight excluding hydrogens is 436 g/mol. The number of hydrogen-bond donors (Lipinski definition) is 0. The molecule has 0 spiro atoms. The van der Waals surface area contributed by atoms with Crippen LogP contribution in [0.25, 0.3) is 0 Å². The fourth-order valence-corrected chi connectivity index (χ4v) is 8.08. The summed E-state index contributed by atoms with van der Waals surface area (Å²) in [5, 5.41) is 0.514. The third kappa shape index (κ3) is 4.43. The van der Waals surface area contributed by atoms with Gasteiger partial charge in [0.1, 0.15) is 0 Å². The van der Waals surface area contributed by atoms with Gasteiger partial charge < -0.3 is 14.4 Å². The van der Waals surface area contributed by atoms with E-state index in [0.717, 1.165) is 11.1 Å². The molecule has 0 aliphatic carbocycles. The monoisotopic (exact) mass is 458 g/mol. The zero-order valence-corrected chi connectivity index (χ0v) is 18.4. The van der Waals surface area contributed by atoms with Crippen LogP contribution in [0.2, 0.25) is 0 Å². The molecule has 2 saturated heterocycles. The highest BCUT2D eigenvalue weighted by atomic mass is 32.2. The van der Waals surface area contributed by atoms with Gasteiger partial charge in [-0.05, 0) is 29.7 Å². The molecule has 7 nitrogen and oxygen atoms in total. The molecule has 2 fully saturated rings. The van der Waals surface area contributed by atoms with E-state index < -0.39 is 9.84 Å². The van der Waals surface area contributed by atoms with Crippen molar-refractivity contribution in [2.45, 2.75) is 30.7 Å². The van der Waals surface area contributed by atoms with Crippen molar-refractivity contribution in [1.82, 2.24) is 4.90 Å². The van der Waals surface area contributed by atoms with Gasteiger partial charge in [0.05, 0.1) is 17.5 Å². The number of aliphatic imine (C=N–C) groups is 1. The first-order valence-corrected chi connectivity index (χ1v) is 12.8. The van der Waals surface area contributed by atoms with Gasteiger partial charge in [0.2, 0.25) is 12.7 Å². The number of carbonyl (C=O) groups excluding carboxylic acids is 1. The standard InChI is InChI=1S/C22H22N2O5S2/c25-21(9-7-15-4-2-1-3-5-15)23-22-24(17-12-31(26,27)13-20(17)30-22)11-16-6-8-18-19(10-16)29-14-28-18/h1-6,8,10,17,20H,7,9,11-14H2/t17-,20+/m0/s1. The molecule has 5 rings (SSSR count). The second kappa shape index (κ2) is 8.20. The van der Waals surface area contributed by atoms with Crippen molar-refractivity contribution in [3.63, 3.8) is 0 Å². The van der Waals surface area contributed by atoms with Crippen LogP contribution < -0.4 is 9.47 Å². The molecule has 3 aliphatic heterocycles. The van der Waals surface area contributed by atoms with Crippen molar-refractivity contribution < 1.29 is 22.7 Å². The Hall–Kier alpha value is -2.52. The second-order valence-electron chi connectivity index (χ2n) is 7.89. The molecule has 9 heteroatoms. The number of hydrogen-bond acceptors (Lipinski definition) is 6. The summed E-state index contributed by atoms with van der Waals surface area (Å²) < 4.78 is 35.2. The van der Waals surface area contributed by atoms with Gasteiger partial charge in [-0.2, -0.15) is 4.99 Å². The molecule has 2 aromatic rings. The van der Waals surface area contributed by atoms with E-state index in [-0.39, 0.29) is 35.5 Å². The summed E-state index contributed by atoms with van der Waals surface area (Å²) in [7, 11) is -3.09. The van der Waals surface area contributed by atoms with Crippen molar-refractivity contribution in [3.8, 4) is 11.5 Å². The fraction of sp³-hybridized carbons (Fsp3) is 0.364. The lowest BCUT2D eigenvalue weighted by atomic mass is 10.1. The molecule has 31 heavy (non-hydrogen) atoms. The van der Waals surface area contributed by atoms with Crippen molar-refractivity contribution >= 4 is 32.7 Å². The number of amidine groups is 1. The van der Waals surface area contributed by atoms with Crippen LogP contribution in [-0.2, 0) is 27.6 Å². The molecule has 2 atom stereocenters. The van der Waals surface area contributed by atoms with E-state index in [0.29, 0.717) is 36.1 Å². The average molecular weight is 459 g/mol. The van der Waals surface area contributed by atoms with Gasteiger partial charge in [0.15, 0.2) is 26.5 Å². The number of sulfone groups is 1. The van der Waals surface area contributed by atoms with Crippen LogP contribution in [0.1, 0.15) is 17.5 Å². The van der Waals surface area contributed by atoms with Crippen molar-refractivity contribution in [1.29, 1.82) is 0 Å². The van der Waals surface area contributed by atoms with Crippen molar-refractivity contribution in [3.05, 3.63) is 59.7 Å². The maximum absolute atomic E-state index is 12.6. The largest absolute Gasteiger partial charge is 0.454 e. The normalized spacial score (nSPS) is 24.5. The summed E-state index contributed by atoms with van der Waals surface area (Å²) in [6, 6.07) is 15.3. The molecule has 0 aromatic heterocycles. The molecule has 162 valence electrons. The van der Waals surface area contributed by atoms with Crippen LogP contribution in [0, 0.1) is 0 Å². The number of benzene rings is 2. The Balaban J connectivity index is 1.35. The number of nitrogens with zero attached hydrogens (tertiary/aromatic N) is 2. The number of aryl methyl sites for hydroxylation is 1. The van der Waals surface area contributed by atoms with Crippen LogP contribution in [0.4, 0.5) is 0 Å². The van der Waals surface area contributed by atoms with Crippen LogP contribution in [-0.4, -0.2) is 54.0 Å². The lowest BCUT2D eigenvalue weighted by molar-refractivity contribution is -0.117. The van der Waals surface area contributed by atoms with E-state index in [9.17, 15) is 13.2 Å². The van der Waals surface area contributed by atoms with E-state index in [1.54, 1.807) is 0 Å². The van der Waals surface area contributed by atoms with Crippen LogP contribution in [0.5, 0.6) is 11.5 Å². The summed E-state index contributed by atoms with van der Waals surface area (Å²) >= 11 is 1.41. The maximum atomic E-state index is 12.6. The third-order valence-electron chi connectivity index (χ3n) is 5.66. The SMILES string of the molecule is O=C(CCc1ccccc1)N=C1S[C@@H]2CS(=O)(=O)C[C@@H]2N1Cc1ccc2c(c1)OCO2. The quantitative estimate of drug-likeness (QED) is 0.681. The first-order chi connectivity index (χ1) is 15.0. The van der Waals surface area contributed by atoms with Crippen LogP contribution >= 0.6 is 11.8 Å². The Morgan fingerprint density at radius 2 is 1.87 bits per heavy atom. The summed E-state index contributed by atoms with van der Waals surface area (Å²) in [5.74, 6) is 1.40. The Labute approximate surface area is 185 Å². The van der Waals surface area contributed by atoms with E-state index in [4.69, 9.17) is 9.47 Å². The summed E-state index contributed by atoms with van der Waals surface area (Å²) in [6.45, 7) is 0.662. The first-order valence-electron chi connectivity index (χ1n) is 10.1. The van der Waals surface area contributed by atoms with Crippen LogP contribution in [0.15, 0.2) is 53.5 Å². The summed E-state index contributed by atoms with van der Waals surface area (Å²) in [6.07, 6.45) is 0.948. The highest BCUT2D eigenvalue weighted by Gasteiger charge is 2.48. The fourth-order valence-electron chi connectivity index (χ4n) is 4.12. The highest BCUT2D eigenvalue weighted by molar-refractivity contribution is 8.15. The Morgan fingerprint density at radius 3 is 2.71 bits per heavy atom. The summed E-state index contributed by atoms with van der Waals surface area (Å²) in [5.41, 5.74) is 2.05. The van der Waals surface area contributed by atoms with Crippen LogP contribution in [0.3, 0.4) is 0 Å². The van der Waals surface area contributed by atoms with Crippen molar-refractivity contribution in [2.75, 3.05) is 18.3 Å². The molecule has 3 heterocycles. The van der Waals surface area contributed by atoms with E-state index in [1.165, 1.54) is 11.8 Å². The minimum atomic E-state index is -3.09. The molecule has 0 bridgehead atoms. The molecule has 0 saturated carbocycles. The number of ether oxygens (including phenoxy) is 2. The Morgan fingerprint density at radius 1 is 1.06 bits per heavy atom. The topological polar surface area (TPSA) is 85.3 Å². The predicted octanol–water partition coefficient (Wildman–Crippen LogP) is 2.65. The maximum Gasteiger partial charge on any atom is 0.248 e. The number of carbonyl (C=O) groups is 1. The van der Waals surface area contributed by atoms with E-state index >= 15 is 0 Å². The van der Waals surface area contributed by atoms with E-state index in [2.05, 4.69) is 4.99 Å². The zero-order chi connectivity index (χ0) is 21.4. The van der Waals surface area contributed by atoms with Gasteiger partial charge in [-0.25, -0.2) is 8.42 Å². The highest BCUT2D eigenvalue weighted by Crippen LogP contribution is 2.40. The average Bonchev–Trinajstić information content (AvgIpc) is 3.41. The number of rotatable bonds is 5. The minimum Gasteiger partial charge on any atom is -0.454 e. The molecule has 3 aliphatic rings. The molecule has 0 radical (unpaired) electrons.